The van der Waals surface area contributed by atoms with Gasteiger partial charge in [0.2, 0.25) is 10.0 Å². The van der Waals surface area contributed by atoms with Crippen molar-refractivity contribution < 1.29 is 23.1 Å². The van der Waals surface area contributed by atoms with Gasteiger partial charge in [0, 0.05) is 12.1 Å². The van der Waals surface area contributed by atoms with Crippen molar-refractivity contribution in [1.29, 1.82) is 0 Å². The molecule has 0 fully saturated rings. The molecule has 1 aromatic rings. The summed E-state index contributed by atoms with van der Waals surface area (Å²) in [6.45, 7) is 7.48. The van der Waals surface area contributed by atoms with Crippen molar-refractivity contribution in [2.75, 3.05) is 6.54 Å². The smallest absolute Gasteiger partial charge is 0.326 e. The molecule has 8 heteroatoms. The number of carboxylic acid groups (broad SMARTS) is 1. The molecule has 0 aliphatic heterocycles. The second kappa shape index (κ2) is 8.25. The molecule has 7 nitrogen and oxygen atoms in total. The molecular formula is C16H24N2O5S. The second-order valence-corrected chi connectivity index (χ2v) is 8.07. The molecule has 0 spiro atoms. The zero-order chi connectivity index (χ0) is 18.5. The molecule has 24 heavy (non-hydrogen) atoms. The van der Waals surface area contributed by atoms with E-state index in [0.717, 1.165) is 0 Å². The Labute approximate surface area is 142 Å². The molecule has 0 aliphatic carbocycles. The zero-order valence-electron chi connectivity index (χ0n) is 14.2. The molecule has 0 heterocycles. The lowest BCUT2D eigenvalue weighted by atomic mass is 10.0. The van der Waals surface area contributed by atoms with Crippen LogP contribution in [0.2, 0.25) is 0 Å². The third kappa shape index (κ3) is 5.61. The predicted molar refractivity (Wildman–Crippen MR) is 90.2 cm³/mol. The monoisotopic (exact) mass is 356 g/mol. The number of carbonyl (C=O) groups is 2. The predicted octanol–water partition coefficient (Wildman–Crippen LogP) is 1.46. The fourth-order valence-electron chi connectivity index (χ4n) is 1.88. The fourth-order valence-corrected chi connectivity index (χ4v) is 3.10. The van der Waals surface area contributed by atoms with Gasteiger partial charge in [-0.1, -0.05) is 27.7 Å². The molecule has 0 saturated carbocycles. The summed E-state index contributed by atoms with van der Waals surface area (Å²) in [6, 6.07) is 4.36. The molecule has 0 aliphatic rings. The molecule has 0 bridgehead atoms. The van der Waals surface area contributed by atoms with Gasteiger partial charge in [0.05, 0.1) is 4.90 Å². The molecule has 0 aromatic heterocycles. The molecule has 0 unspecified atom stereocenters. The maximum atomic E-state index is 12.1. The molecule has 1 rings (SSSR count). The van der Waals surface area contributed by atoms with Crippen LogP contribution in [-0.2, 0) is 14.8 Å². The van der Waals surface area contributed by atoms with E-state index in [1.165, 1.54) is 24.3 Å². The quantitative estimate of drug-likeness (QED) is 0.653. The van der Waals surface area contributed by atoms with E-state index >= 15 is 0 Å². The van der Waals surface area contributed by atoms with Crippen molar-refractivity contribution in [1.82, 2.24) is 10.0 Å². The Bertz CT molecular complexity index is 681. The highest BCUT2D eigenvalue weighted by Gasteiger charge is 2.24. The first-order chi connectivity index (χ1) is 11.0. The van der Waals surface area contributed by atoms with Crippen LogP contribution in [-0.4, -0.2) is 38.0 Å². The Morgan fingerprint density at radius 2 is 1.62 bits per heavy atom. The van der Waals surface area contributed by atoms with E-state index in [1.54, 1.807) is 13.8 Å². The SMILES string of the molecule is CC(C)CNS(=O)(=O)c1ccc(C(=O)N[C@@H](C(=O)O)C(C)C)cc1. The first kappa shape index (κ1) is 20.1. The van der Waals surface area contributed by atoms with E-state index in [4.69, 9.17) is 5.11 Å². The summed E-state index contributed by atoms with van der Waals surface area (Å²) < 4.78 is 26.6. The number of benzene rings is 1. The van der Waals surface area contributed by atoms with Gasteiger partial charge in [0.15, 0.2) is 0 Å². The highest BCUT2D eigenvalue weighted by atomic mass is 32.2. The van der Waals surface area contributed by atoms with Crippen molar-refractivity contribution in [3.05, 3.63) is 29.8 Å². The van der Waals surface area contributed by atoms with Crippen molar-refractivity contribution >= 4 is 21.9 Å². The Morgan fingerprint density at radius 1 is 1.08 bits per heavy atom. The minimum absolute atomic E-state index is 0.0540. The van der Waals surface area contributed by atoms with E-state index in [9.17, 15) is 18.0 Å². The van der Waals surface area contributed by atoms with Gasteiger partial charge >= 0.3 is 5.97 Å². The highest BCUT2D eigenvalue weighted by Crippen LogP contribution is 2.12. The van der Waals surface area contributed by atoms with Gasteiger partial charge in [-0.25, -0.2) is 17.9 Å². The summed E-state index contributed by atoms with van der Waals surface area (Å²) in [4.78, 5) is 23.3. The first-order valence-electron chi connectivity index (χ1n) is 7.68. The number of nitrogens with one attached hydrogen (secondary N) is 2. The first-order valence-corrected chi connectivity index (χ1v) is 9.16. The molecule has 1 amide bonds. The molecule has 3 N–H and O–H groups in total. The standard InChI is InChI=1S/C16H24N2O5S/c1-10(2)9-17-24(22,23)13-7-5-12(6-8-13)15(19)18-14(11(3)4)16(20)21/h5-8,10-11,14,17H,9H2,1-4H3,(H,18,19)(H,20,21)/t14-/m1/s1. The van der Waals surface area contributed by atoms with Crippen LogP contribution in [0.25, 0.3) is 0 Å². The van der Waals surface area contributed by atoms with Crippen LogP contribution >= 0.6 is 0 Å². The number of aliphatic carboxylic acids is 1. The minimum Gasteiger partial charge on any atom is -0.480 e. The number of rotatable bonds is 8. The summed E-state index contributed by atoms with van der Waals surface area (Å²) in [7, 11) is -3.62. The van der Waals surface area contributed by atoms with Crippen molar-refractivity contribution in [3.63, 3.8) is 0 Å². The maximum Gasteiger partial charge on any atom is 0.326 e. The van der Waals surface area contributed by atoms with Gasteiger partial charge in [0.1, 0.15) is 6.04 Å². The van der Waals surface area contributed by atoms with Crippen LogP contribution in [0.3, 0.4) is 0 Å². The van der Waals surface area contributed by atoms with Crippen LogP contribution in [0.1, 0.15) is 38.1 Å². The Kier molecular flexibility index (Phi) is 6.92. The number of sulfonamides is 1. The topological polar surface area (TPSA) is 113 Å². The number of carbonyl (C=O) groups excluding carboxylic acids is 1. The van der Waals surface area contributed by atoms with E-state index in [0.29, 0.717) is 6.54 Å². The average Bonchev–Trinajstić information content (AvgIpc) is 2.50. The Morgan fingerprint density at radius 3 is 2.04 bits per heavy atom. The van der Waals surface area contributed by atoms with Crippen LogP contribution in [0, 0.1) is 11.8 Å². The molecule has 1 aromatic carbocycles. The largest absolute Gasteiger partial charge is 0.480 e. The van der Waals surface area contributed by atoms with Crippen molar-refractivity contribution in [3.8, 4) is 0 Å². The van der Waals surface area contributed by atoms with E-state index in [2.05, 4.69) is 10.0 Å². The van der Waals surface area contributed by atoms with Gasteiger partial charge in [-0.05, 0) is 36.1 Å². The molecule has 1 atom stereocenters. The second-order valence-electron chi connectivity index (χ2n) is 6.30. The summed E-state index contributed by atoms with van der Waals surface area (Å²) in [5.41, 5.74) is 0.199. The van der Waals surface area contributed by atoms with Crippen LogP contribution in [0.5, 0.6) is 0 Å². The number of amides is 1. The van der Waals surface area contributed by atoms with Gasteiger partial charge in [-0.3, -0.25) is 4.79 Å². The minimum atomic E-state index is -3.62. The van der Waals surface area contributed by atoms with E-state index in [-0.39, 0.29) is 22.3 Å². The zero-order valence-corrected chi connectivity index (χ0v) is 15.1. The van der Waals surface area contributed by atoms with Gasteiger partial charge in [0.25, 0.3) is 5.91 Å². The van der Waals surface area contributed by atoms with Gasteiger partial charge < -0.3 is 10.4 Å². The third-order valence-corrected chi connectivity index (χ3v) is 4.77. The number of carboxylic acids is 1. The summed E-state index contributed by atoms with van der Waals surface area (Å²) in [5, 5.41) is 11.5. The molecule has 0 radical (unpaired) electrons. The van der Waals surface area contributed by atoms with Crippen LogP contribution in [0.4, 0.5) is 0 Å². The maximum absolute atomic E-state index is 12.1. The highest BCUT2D eigenvalue weighted by molar-refractivity contribution is 7.89. The van der Waals surface area contributed by atoms with E-state index < -0.39 is 27.9 Å². The van der Waals surface area contributed by atoms with Gasteiger partial charge in [-0.15, -0.1) is 0 Å². The third-order valence-electron chi connectivity index (χ3n) is 3.33. The lowest BCUT2D eigenvalue weighted by Crippen LogP contribution is -2.44. The molecule has 134 valence electrons. The Hall–Kier alpha value is -1.93. The van der Waals surface area contributed by atoms with Crippen molar-refractivity contribution in [2.24, 2.45) is 11.8 Å². The van der Waals surface area contributed by atoms with E-state index in [1.807, 2.05) is 13.8 Å². The van der Waals surface area contributed by atoms with Crippen LogP contribution < -0.4 is 10.0 Å². The fraction of sp³-hybridized carbons (Fsp3) is 0.500. The lowest BCUT2D eigenvalue weighted by Gasteiger charge is -2.18. The normalized spacial score (nSPS) is 13.1. The summed E-state index contributed by atoms with van der Waals surface area (Å²) in [5.74, 6) is -1.77. The summed E-state index contributed by atoms with van der Waals surface area (Å²) in [6.07, 6.45) is 0. The molecular weight excluding hydrogens is 332 g/mol. The number of hydrogen-bond acceptors (Lipinski definition) is 4. The summed E-state index contributed by atoms with van der Waals surface area (Å²) >= 11 is 0. The average molecular weight is 356 g/mol. The number of hydrogen-bond donors (Lipinski definition) is 3. The Balaban J connectivity index is 2.87. The lowest BCUT2D eigenvalue weighted by molar-refractivity contribution is -0.140. The van der Waals surface area contributed by atoms with Crippen LogP contribution in [0.15, 0.2) is 29.2 Å². The van der Waals surface area contributed by atoms with Gasteiger partial charge in [-0.2, -0.15) is 0 Å². The molecule has 0 saturated heterocycles. The van der Waals surface area contributed by atoms with Crippen molar-refractivity contribution in [2.45, 2.75) is 38.6 Å².